The lowest BCUT2D eigenvalue weighted by molar-refractivity contribution is -0.113. The Morgan fingerprint density at radius 1 is 1.03 bits per heavy atom. The molecule has 0 saturated carbocycles. The number of carbonyl (C=O) groups is 1. The van der Waals surface area contributed by atoms with Gasteiger partial charge in [0, 0.05) is 11.1 Å². The molecule has 5 aromatic rings. The van der Waals surface area contributed by atoms with E-state index in [1.807, 2.05) is 86.6 Å². The molecule has 0 aliphatic rings. The van der Waals surface area contributed by atoms with E-state index in [1.54, 1.807) is 0 Å². The molecule has 0 unspecified atom stereocenters. The molecule has 0 spiro atoms. The third-order valence-corrected chi connectivity index (χ3v) is 6.31. The second-order valence-corrected chi connectivity index (χ2v) is 8.74. The highest BCUT2D eigenvalue weighted by Crippen LogP contribution is 2.28. The quantitative estimate of drug-likeness (QED) is 0.281. The van der Waals surface area contributed by atoms with Crippen LogP contribution in [0.2, 0.25) is 0 Å². The van der Waals surface area contributed by atoms with E-state index in [-0.39, 0.29) is 22.8 Å². The number of aromatic nitrogens is 2. The van der Waals surface area contributed by atoms with Crippen molar-refractivity contribution in [2.24, 2.45) is 0 Å². The average Bonchev–Trinajstić information content (AvgIpc) is 3.19. The van der Waals surface area contributed by atoms with Crippen LogP contribution in [0.1, 0.15) is 11.1 Å². The van der Waals surface area contributed by atoms with Gasteiger partial charge in [-0.1, -0.05) is 59.8 Å². The molecular formula is C26H21N3O3S. The van der Waals surface area contributed by atoms with Crippen molar-refractivity contribution in [3.05, 3.63) is 94.3 Å². The fraction of sp³-hybridized carbons (Fsp3) is 0.115. The van der Waals surface area contributed by atoms with Crippen LogP contribution in [0.25, 0.3) is 27.8 Å². The summed E-state index contributed by atoms with van der Waals surface area (Å²) in [7, 11) is 0. The van der Waals surface area contributed by atoms with Gasteiger partial charge in [0.1, 0.15) is 11.1 Å². The largest absolute Gasteiger partial charge is 0.448 e. The minimum atomic E-state index is -0.306. The Morgan fingerprint density at radius 3 is 2.58 bits per heavy atom. The van der Waals surface area contributed by atoms with Crippen molar-refractivity contribution in [1.29, 1.82) is 0 Å². The van der Waals surface area contributed by atoms with Gasteiger partial charge in [-0.15, -0.1) is 0 Å². The molecule has 5 rings (SSSR count). The monoisotopic (exact) mass is 455 g/mol. The summed E-state index contributed by atoms with van der Waals surface area (Å²) in [6.45, 7) is 3.97. The number of carbonyl (C=O) groups excluding carboxylic acids is 1. The van der Waals surface area contributed by atoms with Gasteiger partial charge in [-0.25, -0.2) is 4.98 Å². The van der Waals surface area contributed by atoms with E-state index in [2.05, 4.69) is 5.32 Å². The maximum Gasteiger partial charge on any atom is 0.302 e. The molecule has 7 heteroatoms. The Kier molecular flexibility index (Phi) is 5.48. The second-order valence-electron chi connectivity index (χ2n) is 7.80. The van der Waals surface area contributed by atoms with Crippen LogP contribution >= 0.6 is 11.8 Å². The summed E-state index contributed by atoms with van der Waals surface area (Å²) >= 11 is 1.22. The number of anilines is 1. The van der Waals surface area contributed by atoms with Gasteiger partial charge in [0.25, 0.3) is 0 Å². The van der Waals surface area contributed by atoms with Crippen molar-refractivity contribution < 1.29 is 9.21 Å². The number of fused-ring (bicyclic) bond motifs is 3. The Balaban J connectivity index is 1.54. The second kappa shape index (κ2) is 8.60. The lowest BCUT2D eigenvalue weighted by Gasteiger charge is -2.12. The molecule has 33 heavy (non-hydrogen) atoms. The molecule has 1 amide bonds. The Morgan fingerprint density at radius 2 is 1.79 bits per heavy atom. The number of hydrogen-bond acceptors (Lipinski definition) is 5. The van der Waals surface area contributed by atoms with Crippen LogP contribution in [0.3, 0.4) is 0 Å². The number of rotatable bonds is 5. The number of hydrogen-bond donors (Lipinski definition) is 1. The van der Waals surface area contributed by atoms with Crippen LogP contribution in [0.15, 0.2) is 87.2 Å². The maximum atomic E-state index is 13.4. The number of furan rings is 1. The van der Waals surface area contributed by atoms with E-state index in [1.165, 1.54) is 16.3 Å². The summed E-state index contributed by atoms with van der Waals surface area (Å²) in [4.78, 5) is 30.9. The van der Waals surface area contributed by atoms with Gasteiger partial charge in [0.15, 0.2) is 5.16 Å². The van der Waals surface area contributed by atoms with Crippen LogP contribution in [0, 0.1) is 13.8 Å². The molecular weight excluding hydrogens is 434 g/mol. The Bertz CT molecular complexity index is 1550. The van der Waals surface area contributed by atoms with Crippen LogP contribution in [-0.2, 0) is 4.79 Å². The van der Waals surface area contributed by atoms with Crippen molar-refractivity contribution in [2.75, 3.05) is 11.1 Å². The van der Waals surface area contributed by atoms with E-state index in [0.29, 0.717) is 21.9 Å². The van der Waals surface area contributed by atoms with Crippen molar-refractivity contribution in [3.8, 4) is 5.69 Å². The van der Waals surface area contributed by atoms with E-state index in [9.17, 15) is 9.59 Å². The van der Waals surface area contributed by atoms with E-state index in [0.717, 1.165) is 22.2 Å². The molecule has 0 fully saturated rings. The van der Waals surface area contributed by atoms with Crippen LogP contribution in [0.4, 0.5) is 5.69 Å². The Hall–Kier alpha value is -3.84. The summed E-state index contributed by atoms with van der Waals surface area (Å²) < 4.78 is 7.34. The zero-order chi connectivity index (χ0) is 22.9. The highest BCUT2D eigenvalue weighted by molar-refractivity contribution is 7.99. The minimum absolute atomic E-state index is 0.105. The molecule has 3 aromatic carbocycles. The van der Waals surface area contributed by atoms with Crippen LogP contribution < -0.4 is 10.9 Å². The third-order valence-electron chi connectivity index (χ3n) is 5.37. The molecule has 0 atom stereocenters. The molecule has 0 aliphatic carbocycles. The van der Waals surface area contributed by atoms with Crippen LogP contribution in [0.5, 0.6) is 0 Å². The zero-order valence-electron chi connectivity index (χ0n) is 18.2. The average molecular weight is 456 g/mol. The van der Waals surface area contributed by atoms with Crippen molar-refractivity contribution in [3.63, 3.8) is 0 Å². The summed E-state index contributed by atoms with van der Waals surface area (Å²) in [5.74, 6) is -0.0635. The number of aryl methyl sites for hydroxylation is 2. The number of amides is 1. The van der Waals surface area contributed by atoms with Gasteiger partial charge in [-0.05, 0) is 49.7 Å². The maximum absolute atomic E-state index is 13.4. The lowest BCUT2D eigenvalue weighted by atomic mass is 10.1. The van der Waals surface area contributed by atoms with Crippen molar-refractivity contribution in [1.82, 2.24) is 9.55 Å². The van der Waals surface area contributed by atoms with E-state index in [4.69, 9.17) is 9.40 Å². The number of thioether (sulfide) groups is 1. The minimum Gasteiger partial charge on any atom is -0.448 e. The molecule has 0 radical (unpaired) electrons. The van der Waals surface area contributed by atoms with Crippen molar-refractivity contribution in [2.45, 2.75) is 19.0 Å². The standard InChI is InChI=1S/C26H21N3O3S/c1-16-12-13-20(17(2)14-16)27-22(30)15-33-26-28-23-19-10-6-7-11-21(19)32-24(23)25(31)29(26)18-8-4-3-5-9-18/h3-14H,15H2,1-2H3,(H,27,30). The van der Waals surface area contributed by atoms with Gasteiger partial charge in [0.05, 0.1) is 11.4 Å². The SMILES string of the molecule is Cc1ccc(NC(=O)CSc2nc3c(oc4ccccc43)c(=O)n2-c2ccccc2)c(C)c1. The molecule has 0 saturated heterocycles. The van der Waals surface area contributed by atoms with Gasteiger partial charge in [-0.2, -0.15) is 0 Å². The lowest BCUT2D eigenvalue weighted by Crippen LogP contribution is -2.22. The van der Waals surface area contributed by atoms with Crippen molar-refractivity contribution >= 4 is 45.4 Å². The highest BCUT2D eigenvalue weighted by Gasteiger charge is 2.19. The fourth-order valence-corrected chi connectivity index (χ4v) is 4.60. The third kappa shape index (κ3) is 4.03. The fourth-order valence-electron chi connectivity index (χ4n) is 3.79. The molecule has 164 valence electrons. The van der Waals surface area contributed by atoms with Gasteiger partial charge < -0.3 is 9.73 Å². The molecule has 1 N–H and O–H groups in total. The number of benzene rings is 3. The Labute approximate surface area is 194 Å². The first-order valence-corrected chi connectivity index (χ1v) is 11.5. The number of nitrogens with zero attached hydrogens (tertiary/aromatic N) is 2. The zero-order valence-corrected chi connectivity index (χ0v) is 19.0. The highest BCUT2D eigenvalue weighted by atomic mass is 32.2. The number of para-hydroxylation sites is 2. The molecule has 2 heterocycles. The first-order chi connectivity index (χ1) is 16.0. The normalized spacial score (nSPS) is 11.2. The molecule has 0 aliphatic heterocycles. The smallest absolute Gasteiger partial charge is 0.302 e. The first kappa shape index (κ1) is 21.0. The summed E-state index contributed by atoms with van der Waals surface area (Å²) in [5, 5.41) is 4.15. The van der Waals surface area contributed by atoms with Gasteiger partial charge in [-0.3, -0.25) is 14.2 Å². The molecule has 2 aromatic heterocycles. The predicted molar refractivity (Wildman–Crippen MR) is 132 cm³/mol. The summed E-state index contributed by atoms with van der Waals surface area (Å²) in [5.41, 5.74) is 4.57. The number of nitrogens with one attached hydrogen (secondary N) is 1. The first-order valence-electron chi connectivity index (χ1n) is 10.5. The summed E-state index contributed by atoms with van der Waals surface area (Å²) in [6, 6.07) is 22.6. The predicted octanol–water partition coefficient (Wildman–Crippen LogP) is 5.48. The molecule has 6 nitrogen and oxygen atoms in total. The van der Waals surface area contributed by atoms with Gasteiger partial charge in [0.2, 0.25) is 11.5 Å². The molecule has 0 bridgehead atoms. The summed E-state index contributed by atoms with van der Waals surface area (Å²) in [6.07, 6.45) is 0. The van der Waals surface area contributed by atoms with E-state index < -0.39 is 0 Å². The van der Waals surface area contributed by atoms with Crippen LogP contribution in [-0.4, -0.2) is 21.2 Å². The topological polar surface area (TPSA) is 77.1 Å². The van der Waals surface area contributed by atoms with Gasteiger partial charge >= 0.3 is 5.56 Å². The van der Waals surface area contributed by atoms with E-state index >= 15 is 0 Å².